The van der Waals surface area contributed by atoms with E-state index in [4.69, 9.17) is 9.47 Å². The fraction of sp³-hybridized carbons (Fsp3) is 1.00. The Balaban J connectivity index is 1.73. The second-order valence-electron chi connectivity index (χ2n) is 6.71. The van der Waals surface area contributed by atoms with Gasteiger partial charge < -0.3 is 14.8 Å². The molecular formula is C17H33NO2. The van der Waals surface area contributed by atoms with Crippen molar-refractivity contribution in [2.75, 3.05) is 26.4 Å². The lowest BCUT2D eigenvalue weighted by molar-refractivity contribution is -0.0992. The molecule has 0 amide bonds. The molecule has 3 nitrogen and oxygen atoms in total. The quantitative estimate of drug-likeness (QED) is 0.739. The lowest BCUT2D eigenvalue weighted by Gasteiger charge is -2.37. The molecule has 0 aromatic carbocycles. The van der Waals surface area contributed by atoms with Crippen molar-refractivity contribution in [3.05, 3.63) is 0 Å². The van der Waals surface area contributed by atoms with Crippen LogP contribution in [0.3, 0.4) is 0 Å². The molecule has 0 radical (unpaired) electrons. The predicted octanol–water partition coefficient (Wildman–Crippen LogP) is 3.52. The largest absolute Gasteiger partial charge is 0.378 e. The van der Waals surface area contributed by atoms with E-state index in [1.54, 1.807) is 0 Å². The van der Waals surface area contributed by atoms with E-state index in [0.29, 0.717) is 0 Å². The lowest BCUT2D eigenvalue weighted by atomic mass is 9.82. The third-order valence-corrected chi connectivity index (χ3v) is 4.91. The maximum absolute atomic E-state index is 6.04. The highest BCUT2D eigenvalue weighted by Crippen LogP contribution is 2.37. The SMILES string of the molecule is CCCNC(CCC)CCC1CCOC2(CCOC2)C1. The number of hydrogen-bond donors (Lipinski definition) is 1. The summed E-state index contributed by atoms with van der Waals surface area (Å²) in [6, 6.07) is 0.721. The number of hydrogen-bond acceptors (Lipinski definition) is 3. The predicted molar refractivity (Wildman–Crippen MR) is 83.1 cm³/mol. The van der Waals surface area contributed by atoms with Crippen molar-refractivity contribution >= 4 is 0 Å². The van der Waals surface area contributed by atoms with Crippen molar-refractivity contribution in [1.82, 2.24) is 5.32 Å². The van der Waals surface area contributed by atoms with E-state index < -0.39 is 0 Å². The Bertz CT molecular complexity index is 264. The summed E-state index contributed by atoms with van der Waals surface area (Å²) in [4.78, 5) is 0. The Labute approximate surface area is 124 Å². The average molecular weight is 283 g/mol. The number of ether oxygens (including phenoxy) is 2. The molecule has 20 heavy (non-hydrogen) atoms. The Morgan fingerprint density at radius 2 is 2.10 bits per heavy atom. The molecular weight excluding hydrogens is 250 g/mol. The maximum atomic E-state index is 6.04. The minimum Gasteiger partial charge on any atom is -0.378 e. The minimum absolute atomic E-state index is 0.0833. The van der Waals surface area contributed by atoms with E-state index in [-0.39, 0.29) is 5.60 Å². The summed E-state index contributed by atoms with van der Waals surface area (Å²) in [6.07, 6.45) is 10.1. The van der Waals surface area contributed by atoms with Crippen LogP contribution in [0.5, 0.6) is 0 Å². The zero-order chi connectivity index (χ0) is 14.3. The molecule has 1 spiro atoms. The first kappa shape index (κ1) is 16.3. The van der Waals surface area contributed by atoms with Crippen LogP contribution in [0.4, 0.5) is 0 Å². The van der Waals surface area contributed by atoms with Gasteiger partial charge in [0.05, 0.1) is 12.2 Å². The van der Waals surface area contributed by atoms with Crippen molar-refractivity contribution in [2.24, 2.45) is 5.92 Å². The summed E-state index contributed by atoms with van der Waals surface area (Å²) in [5.74, 6) is 0.841. The molecule has 3 atom stereocenters. The summed E-state index contributed by atoms with van der Waals surface area (Å²) in [5.41, 5.74) is 0.0833. The fourth-order valence-corrected chi connectivity index (χ4v) is 3.72. The van der Waals surface area contributed by atoms with Crippen molar-refractivity contribution < 1.29 is 9.47 Å². The van der Waals surface area contributed by atoms with Crippen molar-refractivity contribution in [2.45, 2.75) is 76.9 Å². The zero-order valence-electron chi connectivity index (χ0n) is 13.5. The van der Waals surface area contributed by atoms with Gasteiger partial charge in [-0.3, -0.25) is 0 Å². The summed E-state index contributed by atoms with van der Waals surface area (Å²) in [5, 5.41) is 3.72. The van der Waals surface area contributed by atoms with E-state index in [2.05, 4.69) is 19.2 Å². The van der Waals surface area contributed by atoms with Crippen LogP contribution in [-0.2, 0) is 9.47 Å². The fourth-order valence-electron chi connectivity index (χ4n) is 3.72. The third kappa shape index (κ3) is 4.71. The molecule has 2 rings (SSSR count). The maximum Gasteiger partial charge on any atom is 0.0939 e. The second kappa shape index (κ2) is 8.35. The third-order valence-electron chi connectivity index (χ3n) is 4.91. The molecule has 2 aliphatic heterocycles. The van der Waals surface area contributed by atoms with Gasteiger partial charge in [0, 0.05) is 25.7 Å². The van der Waals surface area contributed by atoms with Gasteiger partial charge >= 0.3 is 0 Å². The molecule has 0 aromatic heterocycles. The molecule has 0 aromatic rings. The highest BCUT2D eigenvalue weighted by molar-refractivity contribution is 4.90. The van der Waals surface area contributed by atoms with Gasteiger partial charge in [-0.05, 0) is 51.0 Å². The first-order chi connectivity index (χ1) is 9.78. The molecule has 2 aliphatic rings. The van der Waals surface area contributed by atoms with Crippen LogP contribution in [0.2, 0.25) is 0 Å². The van der Waals surface area contributed by atoms with Gasteiger partial charge in [-0.25, -0.2) is 0 Å². The van der Waals surface area contributed by atoms with Crippen LogP contribution in [0.1, 0.15) is 65.2 Å². The first-order valence-corrected chi connectivity index (χ1v) is 8.73. The molecule has 0 saturated carbocycles. The molecule has 3 heteroatoms. The summed E-state index contributed by atoms with van der Waals surface area (Å²) in [6.45, 7) is 8.36. The van der Waals surface area contributed by atoms with E-state index >= 15 is 0 Å². The summed E-state index contributed by atoms with van der Waals surface area (Å²) >= 11 is 0. The number of rotatable bonds is 8. The Hall–Kier alpha value is -0.120. The van der Waals surface area contributed by atoms with E-state index in [1.807, 2.05) is 0 Å². The van der Waals surface area contributed by atoms with Crippen LogP contribution in [0.25, 0.3) is 0 Å². The topological polar surface area (TPSA) is 30.5 Å². The van der Waals surface area contributed by atoms with Crippen LogP contribution < -0.4 is 5.32 Å². The first-order valence-electron chi connectivity index (χ1n) is 8.73. The van der Waals surface area contributed by atoms with Gasteiger partial charge in [-0.15, -0.1) is 0 Å². The van der Waals surface area contributed by atoms with Gasteiger partial charge in [0.25, 0.3) is 0 Å². The lowest BCUT2D eigenvalue weighted by Crippen LogP contribution is -2.40. The summed E-state index contributed by atoms with van der Waals surface area (Å²) in [7, 11) is 0. The van der Waals surface area contributed by atoms with E-state index in [9.17, 15) is 0 Å². The van der Waals surface area contributed by atoms with Crippen LogP contribution in [0, 0.1) is 5.92 Å². The molecule has 1 N–H and O–H groups in total. The highest BCUT2D eigenvalue weighted by Gasteiger charge is 2.40. The van der Waals surface area contributed by atoms with Gasteiger partial charge in [-0.2, -0.15) is 0 Å². The van der Waals surface area contributed by atoms with Crippen LogP contribution >= 0.6 is 0 Å². The minimum atomic E-state index is 0.0833. The molecule has 3 unspecified atom stereocenters. The second-order valence-corrected chi connectivity index (χ2v) is 6.71. The van der Waals surface area contributed by atoms with Crippen molar-refractivity contribution in [3.8, 4) is 0 Å². The van der Waals surface area contributed by atoms with Gasteiger partial charge in [0.15, 0.2) is 0 Å². The smallest absolute Gasteiger partial charge is 0.0939 e. The molecule has 118 valence electrons. The highest BCUT2D eigenvalue weighted by atomic mass is 16.6. The molecule has 0 aliphatic carbocycles. The van der Waals surface area contributed by atoms with Crippen molar-refractivity contribution in [1.29, 1.82) is 0 Å². The van der Waals surface area contributed by atoms with Crippen LogP contribution in [-0.4, -0.2) is 38.0 Å². The van der Waals surface area contributed by atoms with Gasteiger partial charge in [0.2, 0.25) is 0 Å². The van der Waals surface area contributed by atoms with E-state index in [0.717, 1.165) is 44.7 Å². The van der Waals surface area contributed by atoms with Gasteiger partial charge in [-0.1, -0.05) is 20.3 Å². The van der Waals surface area contributed by atoms with E-state index in [1.165, 1.54) is 44.9 Å². The Morgan fingerprint density at radius 1 is 1.20 bits per heavy atom. The zero-order valence-corrected chi connectivity index (χ0v) is 13.5. The summed E-state index contributed by atoms with van der Waals surface area (Å²) < 4.78 is 11.6. The standard InChI is InChI=1S/C17H33NO2/c1-3-5-16(18-10-4-2)7-6-15-8-11-20-17(13-15)9-12-19-14-17/h15-16,18H,3-14H2,1-2H3. The van der Waals surface area contributed by atoms with Crippen LogP contribution in [0.15, 0.2) is 0 Å². The Kier molecular flexibility index (Phi) is 6.79. The molecule has 0 bridgehead atoms. The van der Waals surface area contributed by atoms with Gasteiger partial charge in [0.1, 0.15) is 0 Å². The average Bonchev–Trinajstić information content (AvgIpc) is 2.90. The monoisotopic (exact) mass is 283 g/mol. The molecule has 2 fully saturated rings. The molecule has 2 heterocycles. The van der Waals surface area contributed by atoms with Crippen molar-refractivity contribution in [3.63, 3.8) is 0 Å². The normalized spacial score (nSPS) is 31.8. The Morgan fingerprint density at radius 3 is 2.80 bits per heavy atom. The number of nitrogens with one attached hydrogen (secondary N) is 1. The molecule has 2 saturated heterocycles.